The van der Waals surface area contributed by atoms with Gasteiger partial charge in [-0.15, -0.1) is 0 Å². The summed E-state index contributed by atoms with van der Waals surface area (Å²) in [5.41, 5.74) is 0. The second-order valence-electron chi connectivity index (χ2n) is 4.44. The van der Waals surface area contributed by atoms with Crippen molar-refractivity contribution >= 4 is 0 Å². The minimum absolute atomic E-state index is 0.365. The van der Waals surface area contributed by atoms with Gasteiger partial charge in [-0.3, -0.25) is 0 Å². The molecule has 3 heteroatoms. The van der Waals surface area contributed by atoms with Crippen LogP contribution in [0.15, 0.2) is 24.5 Å². The van der Waals surface area contributed by atoms with Gasteiger partial charge < -0.3 is 14.6 Å². The Morgan fingerprint density at radius 3 is 2.82 bits per heavy atom. The van der Waals surface area contributed by atoms with Gasteiger partial charge in [0.15, 0.2) is 0 Å². The van der Waals surface area contributed by atoms with Crippen molar-refractivity contribution in [3.8, 4) is 12.0 Å². The van der Waals surface area contributed by atoms with Crippen LogP contribution in [0.4, 0.5) is 0 Å². The molecule has 1 aliphatic heterocycles. The molecule has 2 unspecified atom stereocenters. The van der Waals surface area contributed by atoms with Crippen LogP contribution < -0.4 is 0 Å². The Morgan fingerprint density at radius 2 is 2.18 bits per heavy atom. The maximum Gasteiger partial charge on any atom is 0.270 e. The van der Waals surface area contributed by atoms with Gasteiger partial charge >= 0.3 is 0 Å². The molecule has 0 amide bonds. The SMILES string of the molecule is CC(C)CCC(O)CC#COC1C=CC=CO1. The van der Waals surface area contributed by atoms with Gasteiger partial charge in [0.05, 0.1) is 12.4 Å². The van der Waals surface area contributed by atoms with Gasteiger partial charge in [0.2, 0.25) is 0 Å². The van der Waals surface area contributed by atoms with E-state index < -0.39 is 6.29 Å². The first kappa shape index (κ1) is 13.7. The Labute approximate surface area is 103 Å². The zero-order valence-electron chi connectivity index (χ0n) is 10.4. The Morgan fingerprint density at radius 1 is 1.35 bits per heavy atom. The predicted molar refractivity (Wildman–Crippen MR) is 66.7 cm³/mol. The van der Waals surface area contributed by atoms with Crippen LogP contribution in [0.25, 0.3) is 0 Å². The second kappa shape index (κ2) is 7.81. The van der Waals surface area contributed by atoms with E-state index in [1.54, 1.807) is 18.4 Å². The average Bonchev–Trinajstić information content (AvgIpc) is 2.33. The van der Waals surface area contributed by atoms with Gasteiger partial charge in [-0.1, -0.05) is 25.8 Å². The molecule has 0 aliphatic carbocycles. The van der Waals surface area contributed by atoms with Crippen LogP contribution in [0.1, 0.15) is 33.1 Å². The summed E-state index contributed by atoms with van der Waals surface area (Å²) in [5, 5.41) is 9.62. The third-order valence-electron chi connectivity index (χ3n) is 2.33. The van der Waals surface area contributed by atoms with Gasteiger partial charge in [-0.25, -0.2) is 0 Å². The topological polar surface area (TPSA) is 38.7 Å². The normalized spacial score (nSPS) is 19.4. The van der Waals surface area contributed by atoms with E-state index in [1.165, 1.54) is 0 Å². The Bertz CT molecular complexity index is 320. The molecular weight excluding hydrogens is 216 g/mol. The standard InChI is InChI=1S/C14H20O3/c1-12(2)8-9-13(15)6-5-11-17-14-7-3-4-10-16-14/h3-4,7,10,12-15H,6,8-9H2,1-2H3. The van der Waals surface area contributed by atoms with Gasteiger partial charge in [-0.05, 0) is 30.9 Å². The summed E-state index contributed by atoms with van der Waals surface area (Å²) in [4.78, 5) is 0. The molecule has 17 heavy (non-hydrogen) atoms. The van der Waals surface area contributed by atoms with E-state index in [9.17, 15) is 5.11 Å². The molecule has 0 fully saturated rings. The molecular formula is C14H20O3. The lowest BCUT2D eigenvalue weighted by Gasteiger charge is -2.11. The van der Waals surface area contributed by atoms with Crippen LogP contribution >= 0.6 is 0 Å². The van der Waals surface area contributed by atoms with E-state index in [2.05, 4.69) is 25.9 Å². The molecule has 0 aromatic heterocycles. The molecule has 0 bridgehead atoms. The summed E-state index contributed by atoms with van der Waals surface area (Å²) in [6, 6.07) is 0. The lowest BCUT2D eigenvalue weighted by Crippen LogP contribution is -2.10. The Hall–Kier alpha value is -1.40. The lowest BCUT2D eigenvalue weighted by molar-refractivity contribution is -0.0139. The van der Waals surface area contributed by atoms with Crippen LogP contribution in [0.3, 0.4) is 0 Å². The molecule has 0 saturated carbocycles. The van der Waals surface area contributed by atoms with Crippen molar-refractivity contribution in [2.75, 3.05) is 0 Å². The van der Waals surface area contributed by atoms with Crippen molar-refractivity contribution in [1.29, 1.82) is 0 Å². The van der Waals surface area contributed by atoms with Crippen LogP contribution in [-0.2, 0) is 9.47 Å². The minimum atomic E-state index is -0.430. The number of aliphatic hydroxyl groups excluding tert-OH is 1. The van der Waals surface area contributed by atoms with Crippen molar-refractivity contribution < 1.29 is 14.6 Å². The van der Waals surface area contributed by atoms with Crippen molar-refractivity contribution in [2.24, 2.45) is 5.92 Å². The monoisotopic (exact) mass is 236 g/mol. The first-order valence-electron chi connectivity index (χ1n) is 5.99. The minimum Gasteiger partial charge on any atom is -0.458 e. The van der Waals surface area contributed by atoms with Crippen LogP contribution in [0.2, 0.25) is 0 Å². The van der Waals surface area contributed by atoms with Crippen LogP contribution in [0.5, 0.6) is 0 Å². The zero-order chi connectivity index (χ0) is 12.5. The largest absolute Gasteiger partial charge is 0.458 e. The fourth-order valence-corrected chi connectivity index (χ4v) is 1.32. The molecule has 1 N–H and O–H groups in total. The fraction of sp³-hybridized carbons (Fsp3) is 0.571. The van der Waals surface area contributed by atoms with E-state index in [0.717, 1.165) is 12.8 Å². The maximum absolute atomic E-state index is 9.62. The van der Waals surface area contributed by atoms with E-state index in [-0.39, 0.29) is 6.10 Å². The molecule has 94 valence electrons. The number of allylic oxidation sites excluding steroid dienone is 2. The molecule has 1 heterocycles. The zero-order valence-corrected chi connectivity index (χ0v) is 10.4. The lowest BCUT2D eigenvalue weighted by atomic mass is 10.0. The van der Waals surface area contributed by atoms with E-state index in [1.807, 2.05) is 6.08 Å². The molecule has 1 aliphatic rings. The van der Waals surface area contributed by atoms with Gasteiger partial charge in [-0.2, -0.15) is 0 Å². The van der Waals surface area contributed by atoms with E-state index in [0.29, 0.717) is 12.3 Å². The van der Waals surface area contributed by atoms with E-state index >= 15 is 0 Å². The molecule has 2 atom stereocenters. The van der Waals surface area contributed by atoms with Crippen LogP contribution in [0, 0.1) is 17.9 Å². The summed E-state index contributed by atoms with van der Waals surface area (Å²) in [6.07, 6.45) is 11.0. The summed E-state index contributed by atoms with van der Waals surface area (Å²) >= 11 is 0. The third-order valence-corrected chi connectivity index (χ3v) is 2.33. The summed E-state index contributed by atoms with van der Waals surface area (Å²) in [7, 11) is 0. The number of aliphatic hydroxyl groups is 1. The maximum atomic E-state index is 9.62. The number of rotatable bonds is 5. The summed E-state index contributed by atoms with van der Waals surface area (Å²) in [5.74, 6) is 3.41. The fourth-order valence-electron chi connectivity index (χ4n) is 1.32. The molecule has 0 saturated heterocycles. The molecule has 0 radical (unpaired) electrons. The predicted octanol–water partition coefficient (Wildman–Crippen LogP) is 2.58. The highest BCUT2D eigenvalue weighted by atomic mass is 16.7. The quantitative estimate of drug-likeness (QED) is 0.746. The summed E-state index contributed by atoms with van der Waals surface area (Å²) < 4.78 is 10.2. The number of ether oxygens (including phenoxy) is 2. The molecule has 0 spiro atoms. The Balaban J connectivity index is 2.13. The Kier molecular flexibility index (Phi) is 6.27. The molecule has 1 rings (SSSR count). The average molecular weight is 236 g/mol. The second-order valence-corrected chi connectivity index (χ2v) is 4.44. The highest BCUT2D eigenvalue weighted by Crippen LogP contribution is 2.08. The van der Waals surface area contributed by atoms with Crippen molar-refractivity contribution in [3.63, 3.8) is 0 Å². The summed E-state index contributed by atoms with van der Waals surface area (Å²) in [6.45, 7) is 4.28. The first-order chi connectivity index (χ1) is 8.18. The van der Waals surface area contributed by atoms with Gasteiger partial charge in [0.1, 0.15) is 6.11 Å². The van der Waals surface area contributed by atoms with E-state index in [4.69, 9.17) is 9.47 Å². The number of hydrogen-bond donors (Lipinski definition) is 1. The molecule has 0 aromatic rings. The third kappa shape index (κ3) is 6.70. The first-order valence-corrected chi connectivity index (χ1v) is 5.99. The molecule has 0 aromatic carbocycles. The highest BCUT2D eigenvalue weighted by Gasteiger charge is 2.05. The van der Waals surface area contributed by atoms with Gasteiger partial charge in [0, 0.05) is 6.42 Å². The van der Waals surface area contributed by atoms with Crippen molar-refractivity contribution in [1.82, 2.24) is 0 Å². The number of hydrogen-bond acceptors (Lipinski definition) is 3. The van der Waals surface area contributed by atoms with Gasteiger partial charge in [0.25, 0.3) is 6.29 Å². The van der Waals surface area contributed by atoms with Crippen molar-refractivity contribution in [2.45, 2.75) is 45.5 Å². The van der Waals surface area contributed by atoms with Crippen LogP contribution in [-0.4, -0.2) is 17.5 Å². The molecule has 3 nitrogen and oxygen atoms in total. The highest BCUT2D eigenvalue weighted by molar-refractivity contribution is 5.06. The van der Waals surface area contributed by atoms with Crippen molar-refractivity contribution in [3.05, 3.63) is 24.5 Å². The smallest absolute Gasteiger partial charge is 0.270 e.